The summed E-state index contributed by atoms with van der Waals surface area (Å²) in [6, 6.07) is 0. The van der Waals surface area contributed by atoms with Crippen LogP contribution >= 0.6 is 31.9 Å². The van der Waals surface area contributed by atoms with Gasteiger partial charge in [-0.15, -0.1) is 0 Å². The van der Waals surface area contributed by atoms with Gasteiger partial charge in [0.15, 0.2) is 0 Å². The highest BCUT2D eigenvalue weighted by Crippen LogP contribution is 2.40. The van der Waals surface area contributed by atoms with Crippen LogP contribution in [0.2, 0.25) is 0 Å². The Labute approximate surface area is 121 Å². The van der Waals surface area contributed by atoms with E-state index in [2.05, 4.69) is 31.9 Å². The SMILES string of the molecule is CCCC=C1C(Br)=C(C(=O)O)C=C(Br)C1C(=O)O. The van der Waals surface area contributed by atoms with E-state index in [1.165, 1.54) is 6.08 Å². The Morgan fingerprint density at radius 3 is 2.44 bits per heavy atom. The third-order valence-corrected chi connectivity index (χ3v) is 4.06. The average Bonchev–Trinajstić information content (AvgIpc) is 2.28. The molecule has 0 heterocycles. The number of carboxylic acids is 2. The molecule has 1 unspecified atom stereocenters. The van der Waals surface area contributed by atoms with E-state index in [0.29, 0.717) is 21.0 Å². The van der Waals surface area contributed by atoms with E-state index < -0.39 is 17.9 Å². The third kappa shape index (κ3) is 3.11. The standard InChI is InChI=1S/C12H12Br2O4/c1-2-3-4-6-9(12(17)18)8(13)5-7(10(6)14)11(15)16/h4-5,9H,2-3H2,1H3,(H,15,16)(H,17,18). The first-order valence-electron chi connectivity index (χ1n) is 5.33. The molecule has 0 aliphatic heterocycles. The van der Waals surface area contributed by atoms with E-state index in [-0.39, 0.29) is 5.57 Å². The second-order valence-electron chi connectivity index (χ2n) is 3.78. The summed E-state index contributed by atoms with van der Waals surface area (Å²) in [6.45, 7) is 1.97. The molecule has 0 aromatic carbocycles. The molecule has 0 aromatic heterocycles. The van der Waals surface area contributed by atoms with Gasteiger partial charge in [-0.3, -0.25) is 4.79 Å². The molecular formula is C12H12Br2O4. The van der Waals surface area contributed by atoms with Gasteiger partial charge in [-0.1, -0.05) is 35.4 Å². The minimum atomic E-state index is -1.09. The molecule has 0 bridgehead atoms. The van der Waals surface area contributed by atoms with Crippen molar-refractivity contribution in [2.24, 2.45) is 5.92 Å². The Bertz CT molecular complexity index is 474. The first kappa shape index (κ1) is 15.2. The molecule has 0 radical (unpaired) electrons. The van der Waals surface area contributed by atoms with Crippen molar-refractivity contribution in [3.8, 4) is 0 Å². The summed E-state index contributed by atoms with van der Waals surface area (Å²) in [5.41, 5.74) is 0.540. The highest BCUT2D eigenvalue weighted by Gasteiger charge is 2.33. The number of rotatable bonds is 4. The zero-order valence-corrected chi connectivity index (χ0v) is 12.8. The Morgan fingerprint density at radius 1 is 1.39 bits per heavy atom. The molecule has 0 aromatic rings. The number of hydrogen-bond donors (Lipinski definition) is 2. The number of carboxylic acid groups (broad SMARTS) is 2. The smallest absolute Gasteiger partial charge is 0.336 e. The normalized spacial score (nSPS) is 22.1. The predicted octanol–water partition coefficient (Wildman–Crippen LogP) is 3.44. The van der Waals surface area contributed by atoms with E-state index in [9.17, 15) is 14.7 Å². The lowest BCUT2D eigenvalue weighted by atomic mass is 9.90. The van der Waals surface area contributed by atoms with Crippen molar-refractivity contribution in [2.45, 2.75) is 19.8 Å². The van der Waals surface area contributed by atoms with E-state index in [0.717, 1.165) is 6.42 Å². The Kier molecular flexibility index (Phi) is 5.34. The van der Waals surface area contributed by atoms with Crippen LogP contribution in [0.3, 0.4) is 0 Å². The van der Waals surface area contributed by atoms with Gasteiger partial charge in [-0.25, -0.2) is 4.79 Å². The molecule has 0 saturated carbocycles. The monoisotopic (exact) mass is 378 g/mol. The molecular weight excluding hydrogens is 368 g/mol. The van der Waals surface area contributed by atoms with Crippen LogP contribution in [0, 0.1) is 5.92 Å². The number of allylic oxidation sites excluding steroid dienone is 2. The third-order valence-electron chi connectivity index (χ3n) is 2.49. The van der Waals surface area contributed by atoms with E-state index >= 15 is 0 Å². The van der Waals surface area contributed by atoms with Crippen molar-refractivity contribution in [1.29, 1.82) is 0 Å². The summed E-state index contributed by atoms with van der Waals surface area (Å²) < 4.78 is 0.678. The number of aliphatic carboxylic acids is 2. The summed E-state index contributed by atoms with van der Waals surface area (Å²) in [5, 5.41) is 18.3. The fourth-order valence-corrected chi connectivity index (χ4v) is 2.98. The van der Waals surface area contributed by atoms with Gasteiger partial charge in [0, 0.05) is 8.96 Å². The number of halogens is 2. The second-order valence-corrected chi connectivity index (χ2v) is 5.49. The fourth-order valence-electron chi connectivity index (χ4n) is 1.63. The molecule has 0 fully saturated rings. The van der Waals surface area contributed by atoms with Gasteiger partial charge in [0.2, 0.25) is 0 Å². The van der Waals surface area contributed by atoms with Crippen molar-refractivity contribution in [2.75, 3.05) is 0 Å². The van der Waals surface area contributed by atoms with Crippen LogP contribution < -0.4 is 0 Å². The van der Waals surface area contributed by atoms with Gasteiger partial charge >= 0.3 is 11.9 Å². The van der Waals surface area contributed by atoms with Crippen molar-refractivity contribution in [1.82, 2.24) is 0 Å². The minimum Gasteiger partial charge on any atom is -0.481 e. The maximum atomic E-state index is 11.3. The van der Waals surface area contributed by atoms with Gasteiger partial charge in [0.05, 0.1) is 5.57 Å². The Balaban J connectivity index is 3.34. The molecule has 0 amide bonds. The summed E-state index contributed by atoms with van der Waals surface area (Å²) in [6.07, 6.45) is 4.65. The first-order chi connectivity index (χ1) is 8.40. The molecule has 1 atom stereocenters. The molecule has 98 valence electrons. The zero-order chi connectivity index (χ0) is 13.9. The van der Waals surface area contributed by atoms with Crippen LogP contribution in [0.1, 0.15) is 19.8 Å². The average molecular weight is 380 g/mol. The Morgan fingerprint density at radius 2 is 2.00 bits per heavy atom. The first-order valence-corrected chi connectivity index (χ1v) is 6.92. The lowest BCUT2D eigenvalue weighted by Gasteiger charge is -2.22. The molecule has 1 aliphatic rings. The van der Waals surface area contributed by atoms with Gasteiger partial charge in [0.25, 0.3) is 0 Å². The summed E-state index contributed by atoms with van der Waals surface area (Å²) >= 11 is 6.33. The molecule has 2 N–H and O–H groups in total. The lowest BCUT2D eigenvalue weighted by molar-refractivity contribution is -0.139. The minimum absolute atomic E-state index is 0.0572. The molecule has 1 rings (SSSR count). The van der Waals surface area contributed by atoms with Crippen molar-refractivity contribution < 1.29 is 19.8 Å². The maximum absolute atomic E-state index is 11.3. The van der Waals surface area contributed by atoms with E-state index in [1.807, 2.05) is 6.92 Å². The van der Waals surface area contributed by atoms with Crippen LogP contribution in [0.5, 0.6) is 0 Å². The molecule has 6 heteroatoms. The lowest BCUT2D eigenvalue weighted by Crippen LogP contribution is -2.21. The topological polar surface area (TPSA) is 74.6 Å². The number of unbranched alkanes of at least 4 members (excludes halogenated alkanes) is 1. The summed E-state index contributed by atoms with van der Waals surface area (Å²) in [7, 11) is 0. The van der Waals surface area contributed by atoms with Crippen LogP contribution in [0.15, 0.2) is 32.3 Å². The molecule has 4 nitrogen and oxygen atoms in total. The van der Waals surface area contributed by atoms with E-state index in [4.69, 9.17) is 5.11 Å². The molecule has 1 aliphatic carbocycles. The van der Waals surface area contributed by atoms with Gasteiger partial charge in [-0.2, -0.15) is 0 Å². The highest BCUT2D eigenvalue weighted by molar-refractivity contribution is 9.12. The molecule has 0 saturated heterocycles. The highest BCUT2D eigenvalue weighted by atomic mass is 79.9. The van der Waals surface area contributed by atoms with Gasteiger partial charge in [-0.05, 0) is 34.0 Å². The quantitative estimate of drug-likeness (QED) is 0.784. The predicted molar refractivity (Wildman–Crippen MR) is 74.7 cm³/mol. The van der Waals surface area contributed by atoms with Crippen molar-refractivity contribution in [3.05, 3.63) is 32.3 Å². The maximum Gasteiger partial charge on any atom is 0.336 e. The summed E-state index contributed by atoms with van der Waals surface area (Å²) in [5.74, 6) is -2.96. The second kappa shape index (κ2) is 6.33. The fraction of sp³-hybridized carbons (Fsp3) is 0.333. The molecule has 0 spiro atoms. The van der Waals surface area contributed by atoms with Crippen LogP contribution in [-0.2, 0) is 9.59 Å². The van der Waals surface area contributed by atoms with Crippen LogP contribution in [-0.4, -0.2) is 22.2 Å². The molecule has 18 heavy (non-hydrogen) atoms. The van der Waals surface area contributed by atoms with Crippen molar-refractivity contribution in [3.63, 3.8) is 0 Å². The van der Waals surface area contributed by atoms with Gasteiger partial charge < -0.3 is 10.2 Å². The zero-order valence-electron chi connectivity index (χ0n) is 9.61. The Hall–Kier alpha value is -0.880. The van der Waals surface area contributed by atoms with Gasteiger partial charge in [0.1, 0.15) is 5.92 Å². The number of carbonyl (C=O) groups is 2. The van der Waals surface area contributed by atoms with Crippen molar-refractivity contribution >= 4 is 43.8 Å². The van der Waals surface area contributed by atoms with Crippen LogP contribution in [0.25, 0.3) is 0 Å². The summed E-state index contributed by atoms with van der Waals surface area (Å²) in [4.78, 5) is 22.3. The largest absolute Gasteiger partial charge is 0.481 e. The number of hydrogen-bond acceptors (Lipinski definition) is 2. The van der Waals surface area contributed by atoms with E-state index in [1.54, 1.807) is 6.08 Å². The van der Waals surface area contributed by atoms with Crippen LogP contribution in [0.4, 0.5) is 0 Å².